The van der Waals surface area contributed by atoms with Gasteiger partial charge < -0.3 is 4.90 Å². The van der Waals surface area contributed by atoms with Crippen molar-refractivity contribution >= 4 is 27.5 Å². The molecule has 2 heterocycles. The third-order valence-electron chi connectivity index (χ3n) is 4.60. The van der Waals surface area contributed by atoms with Crippen molar-refractivity contribution in [2.45, 2.75) is 30.6 Å². The van der Waals surface area contributed by atoms with Gasteiger partial charge in [0.25, 0.3) is 0 Å². The second-order valence-corrected chi connectivity index (χ2v) is 8.56. The van der Waals surface area contributed by atoms with Crippen molar-refractivity contribution < 1.29 is 13.2 Å². The maximum atomic E-state index is 12.7. The normalized spacial score (nSPS) is 23.2. The van der Waals surface area contributed by atoms with E-state index in [1.165, 1.54) is 16.4 Å². The molecular weight excluding hydrogens is 336 g/mol. The van der Waals surface area contributed by atoms with Crippen LogP contribution in [0.2, 0.25) is 5.02 Å². The number of likely N-dealkylation sites (tertiary alicyclic amines) is 1. The molecule has 0 aliphatic carbocycles. The molecule has 0 N–H and O–H groups in total. The molecule has 5 nitrogen and oxygen atoms in total. The molecule has 0 saturated carbocycles. The van der Waals surface area contributed by atoms with Gasteiger partial charge in [-0.25, -0.2) is 8.42 Å². The Balaban J connectivity index is 1.74. The van der Waals surface area contributed by atoms with Crippen LogP contribution >= 0.6 is 11.6 Å². The zero-order chi connectivity index (χ0) is 16.4. The first-order chi connectivity index (χ1) is 11.0. The summed E-state index contributed by atoms with van der Waals surface area (Å²) < 4.78 is 26.9. The first-order valence-electron chi connectivity index (χ1n) is 8.03. The smallest absolute Gasteiger partial charge is 0.243 e. The number of nitrogens with zero attached hydrogens (tertiary/aromatic N) is 2. The van der Waals surface area contributed by atoms with Crippen LogP contribution in [0.3, 0.4) is 0 Å². The minimum atomic E-state index is -3.56. The number of hydrogen-bond donors (Lipinski definition) is 0. The average molecular weight is 357 g/mol. The number of benzene rings is 1. The van der Waals surface area contributed by atoms with Gasteiger partial charge in [-0.2, -0.15) is 4.31 Å². The van der Waals surface area contributed by atoms with Gasteiger partial charge in [0.05, 0.1) is 10.8 Å². The third kappa shape index (κ3) is 3.54. The van der Waals surface area contributed by atoms with Crippen LogP contribution in [0.25, 0.3) is 0 Å². The Morgan fingerprint density at radius 1 is 1.04 bits per heavy atom. The Morgan fingerprint density at radius 3 is 2.35 bits per heavy atom. The molecule has 1 aromatic rings. The second kappa shape index (κ2) is 6.79. The molecular formula is C16H21ClN2O3S. The summed E-state index contributed by atoms with van der Waals surface area (Å²) in [4.78, 5) is 14.7. The number of amides is 1. The Bertz CT molecular complexity index is 669. The van der Waals surface area contributed by atoms with Crippen LogP contribution in [0, 0.1) is 5.92 Å². The van der Waals surface area contributed by atoms with Crippen LogP contribution < -0.4 is 0 Å². The molecule has 7 heteroatoms. The molecule has 126 valence electrons. The van der Waals surface area contributed by atoms with Gasteiger partial charge >= 0.3 is 0 Å². The predicted octanol–water partition coefficient (Wildman–Crippen LogP) is 2.36. The molecule has 0 spiro atoms. The van der Waals surface area contributed by atoms with E-state index in [4.69, 9.17) is 11.6 Å². The van der Waals surface area contributed by atoms with E-state index in [2.05, 4.69) is 0 Å². The maximum absolute atomic E-state index is 12.7. The Kier molecular flexibility index (Phi) is 4.94. The fourth-order valence-electron chi connectivity index (χ4n) is 3.31. The van der Waals surface area contributed by atoms with Gasteiger partial charge in [0.2, 0.25) is 15.9 Å². The molecule has 2 aliphatic heterocycles. The van der Waals surface area contributed by atoms with Crippen molar-refractivity contribution in [2.75, 3.05) is 26.2 Å². The van der Waals surface area contributed by atoms with E-state index in [-0.39, 0.29) is 23.3 Å². The molecule has 0 radical (unpaired) electrons. The number of carbonyl (C=O) groups excluding carboxylic acids is 1. The van der Waals surface area contributed by atoms with Crippen molar-refractivity contribution in [1.82, 2.24) is 9.21 Å². The highest BCUT2D eigenvalue weighted by Gasteiger charge is 2.35. The van der Waals surface area contributed by atoms with E-state index in [0.717, 1.165) is 38.8 Å². The minimum Gasteiger partial charge on any atom is -0.342 e. The zero-order valence-corrected chi connectivity index (χ0v) is 14.5. The third-order valence-corrected chi connectivity index (χ3v) is 6.73. The summed E-state index contributed by atoms with van der Waals surface area (Å²) in [5, 5.41) is 0.504. The van der Waals surface area contributed by atoms with Gasteiger partial charge in [-0.3, -0.25) is 4.79 Å². The van der Waals surface area contributed by atoms with Gasteiger partial charge in [-0.05, 0) is 49.9 Å². The lowest BCUT2D eigenvalue weighted by Crippen LogP contribution is -2.46. The predicted molar refractivity (Wildman–Crippen MR) is 88.7 cm³/mol. The van der Waals surface area contributed by atoms with Crippen molar-refractivity contribution in [2.24, 2.45) is 5.92 Å². The molecule has 0 aromatic heterocycles. The molecule has 2 fully saturated rings. The Morgan fingerprint density at radius 2 is 1.70 bits per heavy atom. The fraction of sp³-hybridized carbons (Fsp3) is 0.562. The van der Waals surface area contributed by atoms with E-state index < -0.39 is 10.0 Å². The highest BCUT2D eigenvalue weighted by atomic mass is 35.5. The van der Waals surface area contributed by atoms with Crippen LogP contribution in [-0.4, -0.2) is 49.7 Å². The van der Waals surface area contributed by atoms with Gasteiger partial charge in [-0.1, -0.05) is 11.6 Å². The summed E-state index contributed by atoms with van der Waals surface area (Å²) in [7, 11) is -3.56. The SMILES string of the molecule is O=C([C@H]1CCCN(S(=O)(=O)c2ccc(Cl)cc2)C1)N1CCCC1. The summed E-state index contributed by atoms with van der Waals surface area (Å²) in [6.07, 6.45) is 3.58. The molecule has 1 atom stereocenters. The minimum absolute atomic E-state index is 0.110. The molecule has 2 saturated heterocycles. The molecule has 1 aromatic carbocycles. The number of carbonyl (C=O) groups is 1. The average Bonchev–Trinajstić information content (AvgIpc) is 3.09. The lowest BCUT2D eigenvalue weighted by molar-refractivity contribution is -0.135. The summed E-state index contributed by atoms with van der Waals surface area (Å²) in [5.41, 5.74) is 0. The van der Waals surface area contributed by atoms with E-state index >= 15 is 0 Å². The van der Waals surface area contributed by atoms with Crippen molar-refractivity contribution in [3.63, 3.8) is 0 Å². The molecule has 0 bridgehead atoms. The largest absolute Gasteiger partial charge is 0.342 e. The summed E-state index contributed by atoms with van der Waals surface area (Å²) >= 11 is 5.83. The topological polar surface area (TPSA) is 57.7 Å². The highest BCUT2D eigenvalue weighted by Crippen LogP contribution is 2.26. The molecule has 3 rings (SSSR count). The first kappa shape index (κ1) is 16.7. The van der Waals surface area contributed by atoms with E-state index in [9.17, 15) is 13.2 Å². The monoisotopic (exact) mass is 356 g/mol. The lowest BCUT2D eigenvalue weighted by atomic mass is 9.98. The maximum Gasteiger partial charge on any atom is 0.243 e. The van der Waals surface area contributed by atoms with Crippen molar-refractivity contribution in [3.8, 4) is 0 Å². The van der Waals surface area contributed by atoms with Crippen LogP contribution in [-0.2, 0) is 14.8 Å². The Hall–Kier alpha value is -1.11. The fourth-order valence-corrected chi connectivity index (χ4v) is 4.96. The number of piperidine rings is 1. The number of rotatable bonds is 3. The number of halogens is 1. The second-order valence-electron chi connectivity index (χ2n) is 6.19. The first-order valence-corrected chi connectivity index (χ1v) is 9.85. The molecule has 23 heavy (non-hydrogen) atoms. The van der Waals surface area contributed by atoms with Gasteiger partial charge in [0.15, 0.2) is 0 Å². The summed E-state index contributed by atoms with van der Waals surface area (Å²) in [6, 6.07) is 6.18. The Labute approximate surface area is 142 Å². The van der Waals surface area contributed by atoms with Crippen molar-refractivity contribution in [1.29, 1.82) is 0 Å². The van der Waals surface area contributed by atoms with Gasteiger partial charge in [0, 0.05) is 31.2 Å². The van der Waals surface area contributed by atoms with Crippen LogP contribution in [0.5, 0.6) is 0 Å². The zero-order valence-electron chi connectivity index (χ0n) is 12.9. The van der Waals surface area contributed by atoms with Gasteiger partial charge in [-0.15, -0.1) is 0 Å². The van der Waals surface area contributed by atoms with Gasteiger partial charge in [0.1, 0.15) is 0 Å². The van der Waals surface area contributed by atoms with Crippen molar-refractivity contribution in [3.05, 3.63) is 29.3 Å². The quantitative estimate of drug-likeness (QED) is 0.835. The molecule has 1 amide bonds. The lowest BCUT2D eigenvalue weighted by Gasteiger charge is -2.33. The van der Waals surface area contributed by atoms with E-state index in [1.807, 2.05) is 4.90 Å². The number of hydrogen-bond acceptors (Lipinski definition) is 3. The highest BCUT2D eigenvalue weighted by molar-refractivity contribution is 7.89. The number of sulfonamides is 1. The summed E-state index contributed by atoms with van der Waals surface area (Å²) in [6.45, 7) is 2.35. The van der Waals surface area contributed by atoms with Crippen LogP contribution in [0.15, 0.2) is 29.2 Å². The molecule has 0 unspecified atom stereocenters. The van der Waals surface area contributed by atoms with Crippen LogP contribution in [0.1, 0.15) is 25.7 Å². The van der Waals surface area contributed by atoms with E-state index in [0.29, 0.717) is 11.6 Å². The molecule has 2 aliphatic rings. The van der Waals surface area contributed by atoms with Crippen LogP contribution in [0.4, 0.5) is 0 Å². The van der Waals surface area contributed by atoms with E-state index in [1.54, 1.807) is 12.1 Å². The standard InChI is InChI=1S/C16H21ClN2O3S/c17-14-5-7-15(8-6-14)23(21,22)19-11-3-4-13(12-19)16(20)18-9-1-2-10-18/h5-8,13H,1-4,9-12H2/t13-/m0/s1. The summed E-state index contributed by atoms with van der Waals surface area (Å²) in [5.74, 6) is -0.109.